The molecule has 0 aliphatic rings. The van der Waals surface area contributed by atoms with E-state index in [1.165, 1.54) is 5.56 Å². The van der Waals surface area contributed by atoms with E-state index in [2.05, 4.69) is 48.8 Å². The highest BCUT2D eigenvalue weighted by Crippen LogP contribution is 2.23. The van der Waals surface area contributed by atoms with Crippen LogP contribution in [0.2, 0.25) is 0 Å². The minimum Gasteiger partial charge on any atom is -0.361 e. The van der Waals surface area contributed by atoms with E-state index < -0.39 is 0 Å². The summed E-state index contributed by atoms with van der Waals surface area (Å²) in [5, 5.41) is 1.13. The highest BCUT2D eigenvalue weighted by molar-refractivity contribution is 5.89. The van der Waals surface area contributed by atoms with Gasteiger partial charge in [-0.2, -0.15) is 0 Å². The van der Waals surface area contributed by atoms with Gasteiger partial charge in [-0.25, -0.2) is 0 Å². The molecule has 0 saturated carbocycles. The molecule has 0 spiro atoms. The van der Waals surface area contributed by atoms with Crippen molar-refractivity contribution in [2.75, 3.05) is 6.54 Å². The van der Waals surface area contributed by atoms with E-state index in [9.17, 15) is 4.79 Å². The summed E-state index contributed by atoms with van der Waals surface area (Å²) in [6.45, 7) is 11.6. The number of Topliss-reactive ketones (excluding diaryl/α,β-unsaturated/α-hetero) is 1. The molecule has 4 nitrogen and oxygen atoms in total. The second-order valence-corrected chi connectivity index (χ2v) is 6.55. The number of carbonyl (C=O) groups excluding carboxylic acids is 1. The number of fused-ring (bicyclic) bond motifs is 1. The smallest absolute Gasteiger partial charge is 0.135 e. The summed E-state index contributed by atoms with van der Waals surface area (Å²) in [5.41, 5.74) is 3.22. The first-order valence-corrected chi connectivity index (χ1v) is 8.09. The maximum absolute atomic E-state index is 11.5. The van der Waals surface area contributed by atoms with Crippen molar-refractivity contribution in [1.29, 1.82) is 0 Å². The third-order valence-electron chi connectivity index (χ3n) is 4.13. The van der Waals surface area contributed by atoms with Gasteiger partial charge in [0.05, 0.1) is 5.69 Å². The second-order valence-electron chi connectivity index (χ2n) is 6.55. The molecule has 0 amide bonds. The lowest BCUT2D eigenvalue weighted by Gasteiger charge is -2.30. The number of nitrogens with one attached hydrogen (secondary N) is 1. The van der Waals surface area contributed by atoms with Gasteiger partial charge in [-0.15, -0.1) is 0 Å². The molecule has 0 unspecified atom stereocenters. The van der Waals surface area contributed by atoms with Crippen molar-refractivity contribution >= 4 is 16.7 Å². The summed E-state index contributed by atoms with van der Waals surface area (Å²) in [6.07, 6.45) is 5.21. The van der Waals surface area contributed by atoms with Gasteiger partial charge in [-0.3, -0.25) is 14.7 Å². The van der Waals surface area contributed by atoms with Gasteiger partial charge in [0.25, 0.3) is 0 Å². The van der Waals surface area contributed by atoms with Crippen LogP contribution in [0.1, 0.15) is 45.9 Å². The molecule has 2 rings (SSSR count). The number of ketones is 1. The minimum absolute atomic E-state index is 0.151. The first-order valence-electron chi connectivity index (χ1n) is 8.09. The molecule has 2 aromatic rings. The number of nitrogens with zero attached hydrogens (tertiary/aromatic N) is 2. The Kier molecular flexibility index (Phi) is 5.35. The molecular formula is C18H27N3O. The summed E-state index contributed by atoms with van der Waals surface area (Å²) in [6, 6.07) is 3.03. The predicted octanol–water partition coefficient (Wildman–Crippen LogP) is 3.36. The van der Waals surface area contributed by atoms with Crippen molar-refractivity contribution < 1.29 is 4.79 Å². The van der Waals surface area contributed by atoms with E-state index in [4.69, 9.17) is 0 Å². The molecule has 0 atom stereocenters. The number of carbonyl (C=O) groups is 1. The zero-order valence-electron chi connectivity index (χ0n) is 14.3. The van der Waals surface area contributed by atoms with E-state index in [0.29, 0.717) is 18.5 Å². The van der Waals surface area contributed by atoms with E-state index in [1.807, 2.05) is 6.07 Å². The maximum atomic E-state index is 11.5. The van der Waals surface area contributed by atoms with Crippen molar-refractivity contribution in [2.24, 2.45) is 0 Å². The van der Waals surface area contributed by atoms with Crippen LogP contribution in [0, 0.1) is 0 Å². The largest absolute Gasteiger partial charge is 0.361 e. The van der Waals surface area contributed by atoms with Gasteiger partial charge < -0.3 is 4.98 Å². The Bertz CT molecular complexity index is 635. The Morgan fingerprint density at radius 2 is 1.95 bits per heavy atom. The fourth-order valence-corrected chi connectivity index (χ4v) is 3.15. The fraction of sp³-hybridized carbons (Fsp3) is 0.556. The summed E-state index contributed by atoms with van der Waals surface area (Å²) >= 11 is 0. The number of hydrogen-bond donors (Lipinski definition) is 1. The topological polar surface area (TPSA) is 49.0 Å². The van der Waals surface area contributed by atoms with Crippen molar-refractivity contribution in [3.63, 3.8) is 0 Å². The Labute approximate surface area is 132 Å². The predicted molar refractivity (Wildman–Crippen MR) is 91.2 cm³/mol. The highest BCUT2D eigenvalue weighted by atomic mass is 16.1. The van der Waals surface area contributed by atoms with Crippen LogP contribution in [0.25, 0.3) is 10.9 Å². The van der Waals surface area contributed by atoms with Crippen LogP contribution < -0.4 is 0 Å². The lowest BCUT2D eigenvalue weighted by molar-refractivity contribution is -0.116. The normalized spacial score (nSPS) is 12.0. The summed E-state index contributed by atoms with van der Waals surface area (Å²) in [5.74, 6) is 0.151. The Morgan fingerprint density at radius 1 is 1.27 bits per heavy atom. The van der Waals surface area contributed by atoms with Crippen LogP contribution in [-0.4, -0.2) is 39.3 Å². The lowest BCUT2D eigenvalue weighted by atomic mass is 10.0. The van der Waals surface area contributed by atoms with Crippen molar-refractivity contribution in [3.05, 3.63) is 29.7 Å². The molecule has 2 heterocycles. The molecular weight excluding hydrogens is 274 g/mol. The van der Waals surface area contributed by atoms with Crippen LogP contribution in [0.4, 0.5) is 0 Å². The number of aromatic nitrogens is 2. The first kappa shape index (κ1) is 16.7. The zero-order chi connectivity index (χ0) is 16.3. The third kappa shape index (κ3) is 3.74. The van der Waals surface area contributed by atoms with Gasteiger partial charge in [0, 0.05) is 48.3 Å². The van der Waals surface area contributed by atoms with Crippen LogP contribution in [0.5, 0.6) is 0 Å². The first-order chi connectivity index (χ1) is 10.4. The Morgan fingerprint density at radius 3 is 2.55 bits per heavy atom. The van der Waals surface area contributed by atoms with E-state index in [-0.39, 0.29) is 5.78 Å². The molecule has 1 N–H and O–H groups in total. The van der Waals surface area contributed by atoms with Crippen LogP contribution in [-0.2, 0) is 17.6 Å². The molecule has 120 valence electrons. The number of aromatic amines is 1. The molecule has 0 aliphatic carbocycles. The molecule has 2 aromatic heterocycles. The Hall–Kier alpha value is -1.68. The highest BCUT2D eigenvalue weighted by Gasteiger charge is 2.16. The standard InChI is InChI=1S/C18H27N3O/c1-12(2)21(13(3)4)9-7-15-11-20-16-6-8-19-17(18(15)16)10-14(5)22/h6,8,11-13,20H,7,9-10H2,1-5H3. The average molecular weight is 301 g/mol. The second kappa shape index (κ2) is 7.05. The average Bonchev–Trinajstić information content (AvgIpc) is 2.82. The molecule has 0 radical (unpaired) electrons. The summed E-state index contributed by atoms with van der Waals surface area (Å²) < 4.78 is 0. The molecule has 22 heavy (non-hydrogen) atoms. The Balaban J connectivity index is 2.26. The quantitative estimate of drug-likeness (QED) is 0.853. The van der Waals surface area contributed by atoms with E-state index in [1.54, 1.807) is 13.1 Å². The van der Waals surface area contributed by atoms with Gasteiger partial charge in [0.1, 0.15) is 5.78 Å². The number of pyridine rings is 1. The third-order valence-corrected chi connectivity index (χ3v) is 4.13. The maximum Gasteiger partial charge on any atom is 0.135 e. The van der Waals surface area contributed by atoms with Crippen molar-refractivity contribution in [1.82, 2.24) is 14.9 Å². The van der Waals surface area contributed by atoms with E-state index in [0.717, 1.165) is 29.6 Å². The SMILES string of the molecule is CC(=O)Cc1nccc2[nH]cc(CCN(C(C)C)C(C)C)c12. The summed E-state index contributed by atoms with van der Waals surface area (Å²) in [7, 11) is 0. The molecule has 0 saturated heterocycles. The van der Waals surface area contributed by atoms with Crippen molar-refractivity contribution in [2.45, 2.75) is 59.5 Å². The number of rotatable bonds is 7. The van der Waals surface area contributed by atoms with Gasteiger partial charge in [-0.1, -0.05) is 0 Å². The van der Waals surface area contributed by atoms with Crippen molar-refractivity contribution in [3.8, 4) is 0 Å². The molecule has 0 fully saturated rings. The molecule has 0 aromatic carbocycles. The van der Waals surface area contributed by atoms with Gasteiger partial charge in [-0.05, 0) is 52.7 Å². The van der Waals surface area contributed by atoms with Gasteiger partial charge in [0.15, 0.2) is 0 Å². The van der Waals surface area contributed by atoms with Crippen LogP contribution in [0.15, 0.2) is 18.5 Å². The fourth-order valence-electron chi connectivity index (χ4n) is 3.15. The lowest BCUT2D eigenvalue weighted by Crippen LogP contribution is -2.38. The monoisotopic (exact) mass is 301 g/mol. The number of H-pyrrole nitrogens is 1. The zero-order valence-corrected chi connectivity index (χ0v) is 14.3. The molecule has 0 bridgehead atoms. The van der Waals surface area contributed by atoms with Gasteiger partial charge in [0.2, 0.25) is 0 Å². The molecule has 4 heteroatoms. The summed E-state index contributed by atoms with van der Waals surface area (Å²) in [4.78, 5) is 21.7. The van der Waals surface area contributed by atoms with Gasteiger partial charge >= 0.3 is 0 Å². The molecule has 0 aliphatic heterocycles. The minimum atomic E-state index is 0.151. The van der Waals surface area contributed by atoms with Crippen LogP contribution in [0.3, 0.4) is 0 Å². The van der Waals surface area contributed by atoms with E-state index >= 15 is 0 Å². The van der Waals surface area contributed by atoms with Crippen LogP contribution >= 0.6 is 0 Å². The number of hydrogen-bond acceptors (Lipinski definition) is 3.